The molecule has 6 heteroatoms. The molecule has 1 atom stereocenters. The number of esters is 3. The van der Waals surface area contributed by atoms with Crippen molar-refractivity contribution < 1.29 is 28.6 Å². The van der Waals surface area contributed by atoms with E-state index in [1.54, 1.807) is 0 Å². The van der Waals surface area contributed by atoms with Gasteiger partial charge in [-0.25, -0.2) is 0 Å². The van der Waals surface area contributed by atoms with Gasteiger partial charge in [0.15, 0.2) is 6.10 Å². The number of carbonyl (C=O) groups is 3. The summed E-state index contributed by atoms with van der Waals surface area (Å²) in [6.07, 6.45) is 62.7. The van der Waals surface area contributed by atoms with Crippen molar-refractivity contribution in [3.05, 3.63) is 36.5 Å². The maximum absolute atomic E-state index is 12.8. The molecule has 374 valence electrons. The lowest BCUT2D eigenvalue weighted by Crippen LogP contribution is -2.30. The first-order valence-electron chi connectivity index (χ1n) is 28.0. The van der Waals surface area contributed by atoms with Gasteiger partial charge >= 0.3 is 17.9 Å². The predicted molar refractivity (Wildman–Crippen MR) is 275 cm³/mol. The Bertz CT molecular complexity index is 1080. The molecule has 0 radical (unpaired) electrons. The smallest absolute Gasteiger partial charge is 0.306 e. The van der Waals surface area contributed by atoms with Gasteiger partial charge in [0, 0.05) is 19.3 Å². The molecular weight excluding hydrogens is 793 g/mol. The zero-order valence-corrected chi connectivity index (χ0v) is 42.8. The summed E-state index contributed by atoms with van der Waals surface area (Å²) in [6.45, 7) is 6.61. The molecule has 0 aromatic carbocycles. The van der Waals surface area contributed by atoms with Crippen LogP contribution in [-0.2, 0) is 28.6 Å². The van der Waals surface area contributed by atoms with Gasteiger partial charge in [0.05, 0.1) is 0 Å². The molecule has 0 spiro atoms. The second-order valence-electron chi connectivity index (χ2n) is 18.8. The lowest BCUT2D eigenvalue weighted by molar-refractivity contribution is -0.167. The van der Waals surface area contributed by atoms with Gasteiger partial charge in [-0.05, 0) is 77.0 Å². The average Bonchev–Trinajstić information content (AvgIpc) is 3.29. The van der Waals surface area contributed by atoms with E-state index < -0.39 is 6.10 Å². The maximum Gasteiger partial charge on any atom is 0.306 e. The van der Waals surface area contributed by atoms with Crippen LogP contribution in [-0.4, -0.2) is 37.2 Å². The molecule has 0 saturated carbocycles. The summed E-state index contributed by atoms with van der Waals surface area (Å²) in [6, 6.07) is 0. The van der Waals surface area contributed by atoms with Crippen LogP contribution in [0.4, 0.5) is 0 Å². The lowest BCUT2D eigenvalue weighted by Gasteiger charge is -2.18. The third-order valence-corrected chi connectivity index (χ3v) is 12.4. The van der Waals surface area contributed by atoms with Crippen LogP contribution in [0.1, 0.15) is 297 Å². The second-order valence-corrected chi connectivity index (χ2v) is 18.8. The van der Waals surface area contributed by atoms with Gasteiger partial charge in [0.25, 0.3) is 0 Å². The van der Waals surface area contributed by atoms with Gasteiger partial charge in [-0.15, -0.1) is 0 Å². The molecule has 0 bridgehead atoms. The second kappa shape index (κ2) is 53.2. The molecule has 0 aromatic heterocycles. The first-order valence-corrected chi connectivity index (χ1v) is 28.0. The minimum atomic E-state index is -0.779. The Morgan fingerprint density at radius 3 is 0.922 bits per heavy atom. The summed E-state index contributed by atoms with van der Waals surface area (Å²) in [7, 11) is 0. The molecule has 0 heterocycles. The third-order valence-electron chi connectivity index (χ3n) is 12.4. The molecule has 64 heavy (non-hydrogen) atoms. The van der Waals surface area contributed by atoms with Crippen LogP contribution in [0, 0.1) is 0 Å². The SMILES string of the molecule is CCCCC/C=C\C/C=C\CCCCCCCC(=O)OC(COC(=O)CCCCCCC/C=C\CCCCCC)COC(=O)CCCCCCCCCCCCCCCCCCCC. The van der Waals surface area contributed by atoms with Gasteiger partial charge in [-0.3, -0.25) is 14.4 Å². The van der Waals surface area contributed by atoms with E-state index in [1.165, 1.54) is 167 Å². The van der Waals surface area contributed by atoms with Crippen molar-refractivity contribution in [1.82, 2.24) is 0 Å². The zero-order chi connectivity index (χ0) is 46.5. The summed E-state index contributed by atoms with van der Waals surface area (Å²) < 4.78 is 16.8. The third kappa shape index (κ3) is 50.6. The molecule has 0 aliphatic heterocycles. The molecule has 0 N–H and O–H groups in total. The van der Waals surface area contributed by atoms with Crippen molar-refractivity contribution in [2.45, 2.75) is 303 Å². The molecule has 0 rings (SSSR count). The quantitative estimate of drug-likeness (QED) is 0.0262. The fourth-order valence-corrected chi connectivity index (χ4v) is 8.12. The number of allylic oxidation sites excluding steroid dienone is 6. The van der Waals surface area contributed by atoms with Crippen LogP contribution in [0.5, 0.6) is 0 Å². The fraction of sp³-hybridized carbons (Fsp3) is 0.845. The van der Waals surface area contributed by atoms with E-state index in [-0.39, 0.29) is 31.1 Å². The van der Waals surface area contributed by atoms with Gasteiger partial charge in [0.2, 0.25) is 0 Å². The van der Waals surface area contributed by atoms with Crippen molar-refractivity contribution >= 4 is 17.9 Å². The van der Waals surface area contributed by atoms with Crippen molar-refractivity contribution in [3.63, 3.8) is 0 Å². The topological polar surface area (TPSA) is 78.9 Å². The van der Waals surface area contributed by atoms with Crippen molar-refractivity contribution in [3.8, 4) is 0 Å². The Labute approximate surface area is 397 Å². The Morgan fingerprint density at radius 2 is 0.562 bits per heavy atom. The van der Waals surface area contributed by atoms with Gasteiger partial charge in [-0.1, -0.05) is 237 Å². The normalized spacial score (nSPS) is 12.2. The molecule has 0 aromatic rings. The molecule has 0 aliphatic rings. The highest BCUT2D eigenvalue weighted by Crippen LogP contribution is 2.16. The highest BCUT2D eigenvalue weighted by Gasteiger charge is 2.19. The van der Waals surface area contributed by atoms with Crippen LogP contribution in [0.15, 0.2) is 36.5 Å². The van der Waals surface area contributed by atoms with Gasteiger partial charge in [0.1, 0.15) is 13.2 Å². The molecule has 0 fully saturated rings. The summed E-state index contributed by atoms with van der Waals surface area (Å²) in [5.41, 5.74) is 0. The van der Waals surface area contributed by atoms with Crippen molar-refractivity contribution in [2.24, 2.45) is 0 Å². The average molecular weight is 899 g/mol. The van der Waals surface area contributed by atoms with E-state index in [9.17, 15) is 14.4 Å². The van der Waals surface area contributed by atoms with Crippen LogP contribution < -0.4 is 0 Å². The van der Waals surface area contributed by atoms with E-state index in [4.69, 9.17) is 14.2 Å². The van der Waals surface area contributed by atoms with E-state index in [2.05, 4.69) is 57.2 Å². The van der Waals surface area contributed by atoms with Crippen LogP contribution in [0.2, 0.25) is 0 Å². The summed E-state index contributed by atoms with van der Waals surface area (Å²) >= 11 is 0. The van der Waals surface area contributed by atoms with E-state index in [0.29, 0.717) is 19.3 Å². The number of rotatable bonds is 51. The van der Waals surface area contributed by atoms with E-state index >= 15 is 0 Å². The Balaban J connectivity index is 4.35. The molecular formula is C58H106O6. The number of unbranched alkanes of at least 4 members (excludes halogenated alkanes) is 34. The van der Waals surface area contributed by atoms with E-state index in [0.717, 1.165) is 89.9 Å². The first-order chi connectivity index (χ1) is 31.5. The minimum Gasteiger partial charge on any atom is -0.462 e. The summed E-state index contributed by atoms with van der Waals surface area (Å²) in [5.74, 6) is -0.886. The van der Waals surface area contributed by atoms with Crippen molar-refractivity contribution in [2.75, 3.05) is 13.2 Å². The predicted octanol–water partition coefficient (Wildman–Crippen LogP) is 18.5. The lowest BCUT2D eigenvalue weighted by atomic mass is 10.0. The summed E-state index contributed by atoms with van der Waals surface area (Å²) in [5, 5.41) is 0. The van der Waals surface area contributed by atoms with Crippen LogP contribution >= 0.6 is 0 Å². The summed E-state index contributed by atoms with van der Waals surface area (Å²) in [4.78, 5) is 38.1. The number of ether oxygens (including phenoxy) is 3. The number of hydrogen-bond acceptors (Lipinski definition) is 6. The Hall–Kier alpha value is -2.37. The molecule has 0 saturated heterocycles. The zero-order valence-electron chi connectivity index (χ0n) is 42.8. The highest BCUT2D eigenvalue weighted by molar-refractivity contribution is 5.71. The monoisotopic (exact) mass is 899 g/mol. The standard InChI is InChI=1S/C58H106O6/c1-4-7-10-13-16-19-22-25-27-28-29-31-33-36-39-42-45-48-51-57(60)63-54-55(53-62-56(59)50-47-44-41-38-35-32-24-21-18-15-12-9-6-3)64-58(61)52-49-46-43-40-37-34-30-26-23-20-17-14-11-8-5-2/h17,20-21,24,26,30,55H,4-16,18-19,22-23,25,27-29,31-54H2,1-3H3/b20-17-,24-21-,30-26-. The Kier molecular flexibility index (Phi) is 51.3. The molecule has 1 unspecified atom stereocenters. The van der Waals surface area contributed by atoms with Gasteiger partial charge in [-0.2, -0.15) is 0 Å². The van der Waals surface area contributed by atoms with Gasteiger partial charge < -0.3 is 14.2 Å². The fourth-order valence-electron chi connectivity index (χ4n) is 8.12. The largest absolute Gasteiger partial charge is 0.462 e. The molecule has 0 amide bonds. The number of carbonyl (C=O) groups excluding carboxylic acids is 3. The van der Waals surface area contributed by atoms with Crippen LogP contribution in [0.25, 0.3) is 0 Å². The maximum atomic E-state index is 12.8. The molecule has 0 aliphatic carbocycles. The number of hydrogen-bond donors (Lipinski definition) is 0. The van der Waals surface area contributed by atoms with Crippen molar-refractivity contribution in [1.29, 1.82) is 0 Å². The Morgan fingerprint density at radius 1 is 0.312 bits per heavy atom. The highest BCUT2D eigenvalue weighted by atomic mass is 16.6. The molecule has 6 nitrogen and oxygen atoms in total. The minimum absolute atomic E-state index is 0.0771. The van der Waals surface area contributed by atoms with Crippen LogP contribution in [0.3, 0.4) is 0 Å². The first kappa shape index (κ1) is 61.6. The van der Waals surface area contributed by atoms with E-state index in [1.807, 2.05) is 0 Å².